The fraction of sp³-hybridized carbons (Fsp3) is 0.562. The lowest BCUT2D eigenvalue weighted by Crippen LogP contribution is -2.39. The second kappa shape index (κ2) is 5.35. The molecule has 0 radical (unpaired) electrons. The molecule has 6 heteroatoms. The summed E-state index contributed by atoms with van der Waals surface area (Å²) in [5.41, 5.74) is 2.86. The number of carbonyl (C=O) groups excluding carboxylic acids is 1. The van der Waals surface area contributed by atoms with Crippen molar-refractivity contribution in [2.24, 2.45) is 7.05 Å². The molecule has 2 aromatic rings. The number of aromatic amines is 1. The van der Waals surface area contributed by atoms with Crippen molar-refractivity contribution in [1.82, 2.24) is 15.3 Å². The molecular formula is C16H23N4O2+. The Kier molecular flexibility index (Phi) is 3.64. The minimum Gasteiger partial charge on any atom is -0.377 e. The average Bonchev–Trinajstić information content (AvgIpc) is 3.25. The molecule has 0 unspecified atom stereocenters. The predicted molar refractivity (Wildman–Crippen MR) is 82.7 cm³/mol. The predicted octanol–water partition coefficient (Wildman–Crippen LogP) is 1.42. The summed E-state index contributed by atoms with van der Waals surface area (Å²) in [5, 5.41) is 2.92. The van der Waals surface area contributed by atoms with Gasteiger partial charge in [-0.2, -0.15) is 0 Å². The van der Waals surface area contributed by atoms with E-state index in [1.54, 1.807) is 13.3 Å². The van der Waals surface area contributed by atoms with Crippen molar-refractivity contribution in [2.45, 2.75) is 38.2 Å². The van der Waals surface area contributed by atoms with E-state index in [0.717, 1.165) is 16.9 Å². The number of amides is 1. The van der Waals surface area contributed by atoms with Gasteiger partial charge in [0.25, 0.3) is 5.91 Å². The smallest absolute Gasteiger partial charge is 0.306 e. The molecule has 1 aliphatic carbocycles. The van der Waals surface area contributed by atoms with E-state index < -0.39 is 0 Å². The number of hydrogen-bond donors (Lipinski definition) is 2. The molecule has 6 nitrogen and oxygen atoms in total. The van der Waals surface area contributed by atoms with Crippen LogP contribution in [-0.4, -0.2) is 35.1 Å². The zero-order valence-corrected chi connectivity index (χ0v) is 13.6. The maximum atomic E-state index is 12.5. The Bertz CT molecular complexity index is 716. The normalized spacial score (nSPS) is 15.3. The molecule has 2 N–H and O–H groups in total. The molecule has 1 saturated carbocycles. The number of rotatable bonds is 5. The van der Waals surface area contributed by atoms with Crippen LogP contribution in [0.1, 0.15) is 48.7 Å². The Morgan fingerprint density at radius 3 is 2.91 bits per heavy atom. The van der Waals surface area contributed by atoms with Gasteiger partial charge >= 0.3 is 5.65 Å². The summed E-state index contributed by atoms with van der Waals surface area (Å²) in [7, 11) is 3.61. The SMILES string of the molecule is COC(C)(C)CNC(=O)c1c[nH]c2c1nc(C1CC1)c[n+]2C. The van der Waals surface area contributed by atoms with Gasteiger partial charge in [0.15, 0.2) is 5.52 Å². The number of nitrogens with zero attached hydrogens (tertiary/aromatic N) is 2. The van der Waals surface area contributed by atoms with Crippen molar-refractivity contribution in [3.8, 4) is 0 Å². The van der Waals surface area contributed by atoms with Crippen LogP contribution in [0.5, 0.6) is 0 Å². The van der Waals surface area contributed by atoms with E-state index in [-0.39, 0.29) is 11.5 Å². The number of aromatic nitrogens is 3. The molecule has 1 fully saturated rings. The van der Waals surface area contributed by atoms with Gasteiger partial charge in [0.05, 0.1) is 18.3 Å². The van der Waals surface area contributed by atoms with Crippen LogP contribution in [-0.2, 0) is 11.8 Å². The van der Waals surface area contributed by atoms with Crippen LogP contribution < -0.4 is 9.88 Å². The highest BCUT2D eigenvalue weighted by molar-refractivity contribution is 6.03. The van der Waals surface area contributed by atoms with Crippen molar-refractivity contribution < 1.29 is 14.1 Å². The summed E-state index contributed by atoms with van der Waals surface area (Å²) in [6.07, 6.45) is 6.15. The zero-order chi connectivity index (χ0) is 15.9. The lowest BCUT2D eigenvalue weighted by Gasteiger charge is -2.22. The van der Waals surface area contributed by atoms with Crippen LogP contribution in [0.3, 0.4) is 0 Å². The first-order valence-corrected chi connectivity index (χ1v) is 7.62. The monoisotopic (exact) mass is 303 g/mol. The molecule has 0 spiro atoms. The number of hydrogen-bond acceptors (Lipinski definition) is 3. The molecule has 0 atom stereocenters. The van der Waals surface area contributed by atoms with Gasteiger partial charge in [0.2, 0.25) is 0 Å². The second-order valence-corrected chi connectivity index (χ2v) is 6.60. The first kappa shape index (κ1) is 15.0. The van der Waals surface area contributed by atoms with E-state index >= 15 is 0 Å². The highest BCUT2D eigenvalue weighted by Crippen LogP contribution is 2.38. The molecule has 0 aromatic carbocycles. The van der Waals surface area contributed by atoms with E-state index in [1.165, 1.54) is 12.8 Å². The molecule has 1 amide bonds. The molecule has 1 aliphatic rings. The van der Waals surface area contributed by atoms with E-state index in [1.807, 2.05) is 31.7 Å². The summed E-state index contributed by atoms with van der Waals surface area (Å²) in [4.78, 5) is 20.3. The van der Waals surface area contributed by atoms with Crippen molar-refractivity contribution in [1.29, 1.82) is 0 Å². The zero-order valence-electron chi connectivity index (χ0n) is 13.6. The lowest BCUT2D eigenvalue weighted by molar-refractivity contribution is -0.647. The van der Waals surface area contributed by atoms with Crippen LogP contribution >= 0.6 is 0 Å². The standard InChI is InChI=1S/C16H22N4O2/c1-16(2,22-4)9-18-15(21)11-7-17-14-13(11)19-12(8-20(14)3)10-5-6-10/h7-8,10H,5-6,9H2,1-4H3,(H,18,21)/p+1. The summed E-state index contributed by atoms with van der Waals surface area (Å²) in [6, 6.07) is 0. The Morgan fingerprint density at radius 2 is 2.27 bits per heavy atom. The second-order valence-electron chi connectivity index (χ2n) is 6.60. The van der Waals surface area contributed by atoms with Gasteiger partial charge < -0.3 is 10.1 Å². The van der Waals surface area contributed by atoms with Crippen molar-refractivity contribution >= 4 is 17.1 Å². The first-order valence-electron chi connectivity index (χ1n) is 7.62. The molecule has 118 valence electrons. The molecule has 2 heterocycles. The fourth-order valence-electron chi connectivity index (χ4n) is 2.42. The lowest BCUT2D eigenvalue weighted by atomic mass is 10.1. The maximum absolute atomic E-state index is 12.5. The van der Waals surface area contributed by atoms with Crippen LogP contribution in [0.25, 0.3) is 11.2 Å². The Balaban J connectivity index is 1.88. The minimum absolute atomic E-state index is 0.128. The third-order valence-corrected chi connectivity index (χ3v) is 4.22. The van der Waals surface area contributed by atoms with Gasteiger partial charge in [-0.15, -0.1) is 0 Å². The van der Waals surface area contributed by atoms with Crippen molar-refractivity contribution in [3.63, 3.8) is 0 Å². The molecule has 3 rings (SSSR count). The van der Waals surface area contributed by atoms with E-state index in [9.17, 15) is 4.79 Å². The summed E-state index contributed by atoms with van der Waals surface area (Å²) in [6.45, 7) is 4.32. The van der Waals surface area contributed by atoms with Crippen LogP contribution in [0.4, 0.5) is 0 Å². The van der Waals surface area contributed by atoms with Gasteiger partial charge in [0.1, 0.15) is 18.0 Å². The van der Waals surface area contributed by atoms with Crippen molar-refractivity contribution in [2.75, 3.05) is 13.7 Å². The largest absolute Gasteiger partial charge is 0.377 e. The first-order chi connectivity index (χ1) is 10.4. The highest BCUT2D eigenvalue weighted by Gasteiger charge is 2.29. The fourth-order valence-corrected chi connectivity index (χ4v) is 2.42. The summed E-state index contributed by atoms with van der Waals surface area (Å²) < 4.78 is 7.33. The van der Waals surface area contributed by atoms with Crippen LogP contribution in [0, 0.1) is 0 Å². The van der Waals surface area contributed by atoms with Gasteiger partial charge in [-0.1, -0.05) is 0 Å². The number of methoxy groups -OCH3 is 1. The molecule has 22 heavy (non-hydrogen) atoms. The van der Waals surface area contributed by atoms with Crippen molar-refractivity contribution in [3.05, 3.63) is 23.7 Å². The Labute approximate surface area is 129 Å². The molecule has 0 saturated heterocycles. The van der Waals surface area contributed by atoms with E-state index in [0.29, 0.717) is 18.0 Å². The molecule has 0 bridgehead atoms. The van der Waals surface area contributed by atoms with Crippen LogP contribution in [0.2, 0.25) is 0 Å². The topological polar surface area (TPSA) is 70.9 Å². The third-order valence-electron chi connectivity index (χ3n) is 4.22. The summed E-state index contributed by atoms with van der Waals surface area (Å²) >= 11 is 0. The van der Waals surface area contributed by atoms with Gasteiger partial charge in [0, 0.05) is 19.6 Å². The number of fused-ring (bicyclic) bond motifs is 1. The Morgan fingerprint density at radius 1 is 1.55 bits per heavy atom. The maximum Gasteiger partial charge on any atom is 0.306 e. The molecule has 2 aromatic heterocycles. The average molecular weight is 303 g/mol. The molecular weight excluding hydrogens is 280 g/mol. The van der Waals surface area contributed by atoms with E-state index in [2.05, 4.69) is 10.3 Å². The summed E-state index contributed by atoms with van der Waals surface area (Å²) in [5.74, 6) is 0.422. The minimum atomic E-state index is -0.390. The van der Waals surface area contributed by atoms with Gasteiger partial charge in [-0.25, -0.2) is 14.5 Å². The quantitative estimate of drug-likeness (QED) is 0.821. The van der Waals surface area contributed by atoms with Crippen LogP contribution in [0.15, 0.2) is 12.4 Å². The number of H-pyrrole nitrogens is 1. The third kappa shape index (κ3) is 2.83. The van der Waals surface area contributed by atoms with E-state index in [4.69, 9.17) is 9.72 Å². The molecule has 0 aliphatic heterocycles. The number of aryl methyl sites for hydroxylation is 1. The highest BCUT2D eigenvalue weighted by atomic mass is 16.5. The number of nitrogens with one attached hydrogen (secondary N) is 2. The number of ether oxygens (including phenoxy) is 1. The number of carbonyl (C=O) groups is 1. The Hall–Kier alpha value is -1.95. The van der Waals surface area contributed by atoms with Gasteiger partial charge in [-0.3, -0.25) is 4.79 Å². The van der Waals surface area contributed by atoms with Gasteiger partial charge in [-0.05, 0) is 26.7 Å².